The number of ether oxygens (including phenoxy) is 6. The molecule has 1 aliphatic rings. The molecule has 3 atom stereocenters. The van der Waals surface area contributed by atoms with E-state index in [1.165, 1.54) is 24.3 Å². The van der Waals surface area contributed by atoms with Crippen molar-refractivity contribution in [2.75, 3.05) is 26.4 Å². The highest BCUT2D eigenvalue weighted by atomic mass is 16.7. The molecular formula is C36H40O10. The van der Waals surface area contributed by atoms with Gasteiger partial charge >= 0.3 is 24.1 Å². The molecule has 0 saturated heterocycles. The van der Waals surface area contributed by atoms with E-state index >= 15 is 0 Å². The molecule has 1 fully saturated rings. The van der Waals surface area contributed by atoms with Crippen LogP contribution >= 0.6 is 0 Å². The summed E-state index contributed by atoms with van der Waals surface area (Å²) >= 11 is 0. The van der Waals surface area contributed by atoms with Gasteiger partial charge in [-0.15, -0.1) is 0 Å². The number of fused-ring (bicyclic) bond motifs is 1. The first-order valence-electron chi connectivity index (χ1n) is 15.4. The van der Waals surface area contributed by atoms with Gasteiger partial charge in [-0.2, -0.15) is 0 Å². The smallest absolute Gasteiger partial charge is 0.460 e. The molecule has 1 aliphatic carbocycles. The standard InChI is InChI=1S/C36H40O10/c1-5-33(37)42-18-16-41-17-19-43-36(40)45-29-12-9-25(10-13-29)34(38)44-30-14-11-26-21-28(8-7-27(26)22-30)35(39)46-32-20-24(4)6-15-31(32)23(2)3/h5,7-14,21-24,31-32H,1,6,15-20H2,2-4H3. The van der Waals surface area contributed by atoms with Gasteiger partial charge in [-0.25, -0.2) is 19.2 Å². The molecule has 1 saturated carbocycles. The molecule has 3 unspecified atom stereocenters. The summed E-state index contributed by atoms with van der Waals surface area (Å²) in [5.41, 5.74) is 0.738. The Labute approximate surface area is 268 Å². The van der Waals surface area contributed by atoms with Crippen molar-refractivity contribution in [3.63, 3.8) is 0 Å². The van der Waals surface area contributed by atoms with E-state index in [0.717, 1.165) is 36.1 Å². The highest BCUT2D eigenvalue weighted by Gasteiger charge is 2.33. The molecule has 10 heteroatoms. The number of rotatable bonds is 13. The van der Waals surface area contributed by atoms with Crippen LogP contribution in [0.5, 0.6) is 11.5 Å². The fraction of sp³-hybridized carbons (Fsp3) is 0.389. The molecule has 46 heavy (non-hydrogen) atoms. The van der Waals surface area contributed by atoms with Crippen LogP contribution in [-0.4, -0.2) is 56.6 Å². The topological polar surface area (TPSA) is 124 Å². The third-order valence-electron chi connectivity index (χ3n) is 7.86. The van der Waals surface area contributed by atoms with Gasteiger partial charge in [0.05, 0.1) is 24.3 Å². The van der Waals surface area contributed by atoms with E-state index in [1.807, 2.05) is 6.07 Å². The normalized spacial score (nSPS) is 17.6. The predicted octanol–water partition coefficient (Wildman–Crippen LogP) is 6.94. The summed E-state index contributed by atoms with van der Waals surface area (Å²) in [4.78, 5) is 48.6. The fourth-order valence-electron chi connectivity index (χ4n) is 5.37. The number of hydrogen-bond donors (Lipinski definition) is 0. The minimum Gasteiger partial charge on any atom is -0.460 e. The van der Waals surface area contributed by atoms with Crippen LogP contribution in [0.2, 0.25) is 0 Å². The second-order valence-corrected chi connectivity index (χ2v) is 11.6. The van der Waals surface area contributed by atoms with Crippen LogP contribution in [-0.2, 0) is 23.7 Å². The Morgan fingerprint density at radius 1 is 0.783 bits per heavy atom. The van der Waals surface area contributed by atoms with Gasteiger partial charge < -0.3 is 28.4 Å². The summed E-state index contributed by atoms with van der Waals surface area (Å²) in [6.07, 6.45) is 3.15. The van der Waals surface area contributed by atoms with E-state index in [0.29, 0.717) is 29.1 Å². The van der Waals surface area contributed by atoms with Gasteiger partial charge in [0, 0.05) is 6.08 Å². The Hall–Kier alpha value is -4.70. The first-order chi connectivity index (χ1) is 22.1. The molecule has 0 bridgehead atoms. The van der Waals surface area contributed by atoms with Gasteiger partial charge in [-0.05, 0) is 89.9 Å². The van der Waals surface area contributed by atoms with E-state index in [-0.39, 0.29) is 49.8 Å². The van der Waals surface area contributed by atoms with E-state index < -0.39 is 18.1 Å². The number of carbonyl (C=O) groups excluding carboxylic acids is 4. The average Bonchev–Trinajstić information content (AvgIpc) is 3.04. The predicted molar refractivity (Wildman–Crippen MR) is 170 cm³/mol. The Bertz CT molecular complexity index is 1530. The van der Waals surface area contributed by atoms with Crippen molar-refractivity contribution < 1.29 is 47.6 Å². The van der Waals surface area contributed by atoms with E-state index in [2.05, 4.69) is 27.4 Å². The molecule has 10 nitrogen and oxygen atoms in total. The average molecular weight is 633 g/mol. The van der Waals surface area contributed by atoms with Gasteiger partial charge in [-0.3, -0.25) is 0 Å². The number of carbonyl (C=O) groups is 4. The third kappa shape index (κ3) is 9.90. The molecule has 244 valence electrons. The maximum Gasteiger partial charge on any atom is 0.513 e. The Balaban J connectivity index is 1.25. The molecule has 0 aromatic heterocycles. The van der Waals surface area contributed by atoms with Crippen molar-refractivity contribution in [1.29, 1.82) is 0 Å². The third-order valence-corrected chi connectivity index (χ3v) is 7.86. The summed E-state index contributed by atoms with van der Waals surface area (Å²) < 4.78 is 31.5. The van der Waals surface area contributed by atoms with Gasteiger partial charge in [0.15, 0.2) is 0 Å². The molecule has 0 radical (unpaired) electrons. The van der Waals surface area contributed by atoms with Gasteiger partial charge in [-0.1, -0.05) is 45.9 Å². The highest BCUT2D eigenvalue weighted by Crippen LogP contribution is 2.36. The first-order valence-corrected chi connectivity index (χ1v) is 15.4. The van der Waals surface area contributed by atoms with E-state index in [1.54, 1.807) is 30.3 Å². The minimum absolute atomic E-state index is 0.0582. The maximum atomic E-state index is 13.1. The second kappa shape index (κ2) is 16.6. The van der Waals surface area contributed by atoms with E-state index in [9.17, 15) is 19.2 Å². The van der Waals surface area contributed by atoms with Crippen LogP contribution in [0.4, 0.5) is 4.79 Å². The molecule has 3 aromatic rings. The Morgan fingerprint density at radius 2 is 1.43 bits per heavy atom. The van der Waals surface area contributed by atoms with Crippen molar-refractivity contribution >= 4 is 34.8 Å². The van der Waals surface area contributed by atoms with Crippen LogP contribution in [0.25, 0.3) is 10.8 Å². The van der Waals surface area contributed by atoms with Crippen LogP contribution in [0.3, 0.4) is 0 Å². The van der Waals surface area contributed by atoms with Crippen LogP contribution in [0, 0.1) is 17.8 Å². The monoisotopic (exact) mass is 632 g/mol. The SMILES string of the molecule is C=CC(=O)OCCOCCOC(=O)Oc1ccc(C(=O)Oc2ccc3cc(C(=O)OC4CC(C)CCC4C(C)C)ccc3c2)cc1. The lowest BCUT2D eigenvalue weighted by atomic mass is 9.75. The van der Waals surface area contributed by atoms with Crippen molar-refractivity contribution in [2.24, 2.45) is 17.8 Å². The molecule has 0 spiro atoms. The largest absolute Gasteiger partial charge is 0.513 e. The lowest BCUT2D eigenvalue weighted by molar-refractivity contribution is -0.139. The molecule has 0 amide bonds. The fourth-order valence-corrected chi connectivity index (χ4v) is 5.37. The van der Waals surface area contributed by atoms with Crippen molar-refractivity contribution in [2.45, 2.75) is 46.1 Å². The summed E-state index contributed by atoms with van der Waals surface area (Å²) in [5, 5.41) is 1.62. The molecule has 0 N–H and O–H groups in total. The summed E-state index contributed by atoms with van der Waals surface area (Å²) in [5.74, 6) is 0.408. The summed E-state index contributed by atoms with van der Waals surface area (Å²) in [6, 6.07) is 16.3. The Morgan fingerprint density at radius 3 is 2.15 bits per heavy atom. The molecular weight excluding hydrogens is 592 g/mol. The molecule has 0 heterocycles. The summed E-state index contributed by atoms with van der Waals surface area (Å²) in [6.45, 7) is 10.1. The number of benzene rings is 3. The molecule has 3 aromatic carbocycles. The van der Waals surface area contributed by atoms with Gasteiger partial charge in [0.2, 0.25) is 0 Å². The number of esters is 3. The lowest BCUT2D eigenvalue weighted by Crippen LogP contribution is -2.35. The lowest BCUT2D eigenvalue weighted by Gasteiger charge is -2.36. The van der Waals surface area contributed by atoms with Crippen molar-refractivity contribution in [3.05, 3.63) is 84.4 Å². The van der Waals surface area contributed by atoms with Gasteiger partial charge in [0.25, 0.3) is 0 Å². The molecule has 4 rings (SSSR count). The minimum atomic E-state index is -0.937. The quantitative estimate of drug-likeness (QED) is 0.0489. The second-order valence-electron chi connectivity index (χ2n) is 11.6. The maximum absolute atomic E-state index is 13.1. The zero-order valence-electron chi connectivity index (χ0n) is 26.4. The zero-order chi connectivity index (χ0) is 33.1. The molecule has 0 aliphatic heterocycles. The number of hydrogen-bond acceptors (Lipinski definition) is 10. The highest BCUT2D eigenvalue weighted by molar-refractivity contribution is 5.96. The zero-order valence-corrected chi connectivity index (χ0v) is 26.4. The van der Waals surface area contributed by atoms with Crippen LogP contribution < -0.4 is 9.47 Å². The van der Waals surface area contributed by atoms with Gasteiger partial charge in [0.1, 0.15) is 30.8 Å². The van der Waals surface area contributed by atoms with E-state index in [4.69, 9.17) is 28.4 Å². The first kappa shape index (κ1) is 34.2. The van der Waals surface area contributed by atoms with Crippen LogP contribution in [0.1, 0.15) is 60.7 Å². The van der Waals surface area contributed by atoms with Crippen LogP contribution in [0.15, 0.2) is 73.3 Å². The Kier molecular flexibility index (Phi) is 12.3. The summed E-state index contributed by atoms with van der Waals surface area (Å²) in [7, 11) is 0. The van der Waals surface area contributed by atoms with Crippen molar-refractivity contribution in [1.82, 2.24) is 0 Å². The van der Waals surface area contributed by atoms with Crippen molar-refractivity contribution in [3.8, 4) is 11.5 Å².